The number of hydrogen-bond acceptors (Lipinski definition) is 4. The molecule has 21 heavy (non-hydrogen) atoms. The number of benzene rings is 1. The summed E-state index contributed by atoms with van der Waals surface area (Å²) in [6.45, 7) is -0.0188. The number of nitrogens with two attached hydrogens (primary N) is 1. The van der Waals surface area contributed by atoms with Crippen LogP contribution < -0.4 is 11.3 Å². The lowest BCUT2D eigenvalue weighted by Gasteiger charge is -2.09. The molecule has 1 aromatic carbocycles. The number of aryl methyl sites for hydroxylation is 1. The minimum atomic E-state index is -3.66. The van der Waals surface area contributed by atoms with Crippen molar-refractivity contribution in [1.29, 1.82) is 0 Å². The molecular weight excluding hydrogens is 335 g/mol. The number of nitrogens with zero attached hydrogens (tertiary/aromatic N) is 1. The molecule has 0 aliphatic carbocycles. The first-order valence-electron chi connectivity index (χ1n) is 5.93. The third-order valence-corrected chi connectivity index (χ3v) is 5.24. The number of anilines is 1. The fraction of sp³-hybridized carbons (Fsp3) is 0.154. The molecule has 0 bridgehead atoms. The van der Waals surface area contributed by atoms with Gasteiger partial charge in [0.05, 0.1) is 15.7 Å². The molecule has 2 N–H and O–H groups in total. The molecule has 2 rings (SSSR count). The Balaban J connectivity index is 2.28. The molecule has 0 unspecified atom stereocenters. The van der Waals surface area contributed by atoms with Gasteiger partial charge in [0, 0.05) is 29.5 Å². The molecule has 0 aliphatic heterocycles. The molecule has 0 spiro atoms. The maximum atomic E-state index is 12.3. The van der Waals surface area contributed by atoms with E-state index in [4.69, 9.17) is 28.9 Å². The number of aromatic nitrogens is 1. The summed E-state index contributed by atoms with van der Waals surface area (Å²) in [5.74, 6) is -0.281. The second-order valence-corrected chi connectivity index (χ2v) is 7.31. The average molecular weight is 347 g/mol. The van der Waals surface area contributed by atoms with Crippen LogP contribution in [0.4, 0.5) is 5.69 Å². The SMILES string of the molecule is Nc1ccc(=O)n(CCS(=O)(=O)c2cc(Cl)ccc2Cl)c1. The van der Waals surface area contributed by atoms with Crippen LogP contribution in [-0.2, 0) is 16.4 Å². The van der Waals surface area contributed by atoms with Crippen LogP contribution >= 0.6 is 23.2 Å². The van der Waals surface area contributed by atoms with Crippen molar-refractivity contribution >= 4 is 38.7 Å². The first-order chi connectivity index (χ1) is 9.79. The predicted molar refractivity (Wildman–Crippen MR) is 83.6 cm³/mol. The van der Waals surface area contributed by atoms with Crippen molar-refractivity contribution in [3.63, 3.8) is 0 Å². The molecule has 0 saturated heterocycles. The smallest absolute Gasteiger partial charge is 0.250 e. The Morgan fingerprint density at radius 2 is 1.86 bits per heavy atom. The van der Waals surface area contributed by atoms with Crippen LogP contribution in [0.3, 0.4) is 0 Å². The standard InChI is InChI=1S/C13H12Cl2N2O3S/c14-9-1-3-11(15)12(7-9)21(19,20)6-5-17-8-10(16)2-4-13(17)18/h1-4,7-8H,5-6,16H2. The van der Waals surface area contributed by atoms with Crippen molar-refractivity contribution in [2.45, 2.75) is 11.4 Å². The van der Waals surface area contributed by atoms with Gasteiger partial charge in [-0.25, -0.2) is 8.42 Å². The summed E-state index contributed by atoms with van der Waals surface area (Å²) in [4.78, 5) is 11.6. The molecule has 0 aliphatic rings. The Hall–Kier alpha value is -1.50. The topological polar surface area (TPSA) is 82.2 Å². The Kier molecular flexibility index (Phi) is 4.61. The molecule has 2 aromatic rings. The maximum Gasteiger partial charge on any atom is 0.250 e. The maximum absolute atomic E-state index is 12.3. The summed E-state index contributed by atoms with van der Waals surface area (Å²) in [6, 6.07) is 6.96. The molecule has 0 radical (unpaired) electrons. The number of hydrogen-bond donors (Lipinski definition) is 1. The lowest BCUT2D eigenvalue weighted by molar-refractivity contribution is 0.587. The largest absolute Gasteiger partial charge is 0.398 e. The number of sulfone groups is 1. The Morgan fingerprint density at radius 1 is 1.14 bits per heavy atom. The van der Waals surface area contributed by atoms with Crippen LogP contribution in [0.5, 0.6) is 0 Å². The fourth-order valence-electron chi connectivity index (χ4n) is 1.77. The van der Waals surface area contributed by atoms with Gasteiger partial charge in [0.1, 0.15) is 0 Å². The quantitative estimate of drug-likeness (QED) is 0.919. The molecule has 1 heterocycles. The van der Waals surface area contributed by atoms with E-state index in [2.05, 4.69) is 0 Å². The van der Waals surface area contributed by atoms with Gasteiger partial charge in [-0.3, -0.25) is 4.79 Å². The van der Waals surface area contributed by atoms with E-state index in [-0.39, 0.29) is 32.8 Å². The van der Waals surface area contributed by atoms with Crippen LogP contribution in [0.15, 0.2) is 46.2 Å². The predicted octanol–water partition coefficient (Wildman–Crippen LogP) is 2.21. The summed E-state index contributed by atoms with van der Waals surface area (Å²) < 4.78 is 25.8. The third-order valence-electron chi connectivity index (χ3n) is 2.84. The minimum Gasteiger partial charge on any atom is -0.398 e. The number of rotatable bonds is 4. The van der Waals surface area contributed by atoms with Gasteiger partial charge in [0.25, 0.3) is 5.56 Å². The van der Waals surface area contributed by atoms with E-state index in [0.717, 1.165) is 0 Å². The highest BCUT2D eigenvalue weighted by Gasteiger charge is 2.18. The Bertz CT molecular complexity index is 832. The van der Waals surface area contributed by atoms with Crippen molar-refractivity contribution in [1.82, 2.24) is 4.57 Å². The molecule has 0 fully saturated rings. The van der Waals surface area contributed by atoms with Gasteiger partial charge in [-0.1, -0.05) is 23.2 Å². The number of pyridine rings is 1. The van der Waals surface area contributed by atoms with Gasteiger partial charge < -0.3 is 10.3 Å². The van der Waals surface area contributed by atoms with Crippen LogP contribution in [0.25, 0.3) is 0 Å². The molecule has 1 aromatic heterocycles. The molecule has 5 nitrogen and oxygen atoms in total. The zero-order chi connectivity index (χ0) is 15.6. The van der Waals surface area contributed by atoms with Gasteiger partial charge in [-0.15, -0.1) is 0 Å². The normalized spacial score (nSPS) is 11.5. The van der Waals surface area contributed by atoms with Crippen LogP contribution in [0, 0.1) is 0 Å². The number of nitrogen functional groups attached to an aromatic ring is 1. The summed E-state index contributed by atoms with van der Waals surface area (Å²) in [6.07, 6.45) is 1.40. The van der Waals surface area contributed by atoms with E-state index < -0.39 is 9.84 Å². The summed E-state index contributed by atoms with van der Waals surface area (Å²) in [5, 5.41) is 0.374. The van der Waals surface area contributed by atoms with Crippen molar-refractivity contribution in [3.8, 4) is 0 Å². The molecule has 0 saturated carbocycles. The first kappa shape index (κ1) is 15.9. The van der Waals surface area contributed by atoms with Crippen molar-refractivity contribution in [2.75, 3.05) is 11.5 Å². The second-order valence-electron chi connectivity index (χ2n) is 4.39. The van der Waals surface area contributed by atoms with Crippen molar-refractivity contribution in [3.05, 3.63) is 56.9 Å². The molecular formula is C13H12Cl2N2O3S. The van der Waals surface area contributed by atoms with Crippen molar-refractivity contribution in [2.24, 2.45) is 0 Å². The molecule has 8 heteroatoms. The lowest BCUT2D eigenvalue weighted by atomic mass is 10.4. The lowest BCUT2D eigenvalue weighted by Crippen LogP contribution is -2.23. The van der Waals surface area contributed by atoms with E-state index in [1.807, 2.05) is 0 Å². The summed E-state index contributed by atoms with van der Waals surface area (Å²) >= 11 is 11.7. The highest BCUT2D eigenvalue weighted by molar-refractivity contribution is 7.91. The minimum absolute atomic E-state index is 0.0188. The van der Waals surface area contributed by atoms with Gasteiger partial charge in [-0.05, 0) is 24.3 Å². The first-order valence-corrected chi connectivity index (χ1v) is 8.34. The summed E-state index contributed by atoms with van der Waals surface area (Å²) in [7, 11) is -3.66. The zero-order valence-corrected chi connectivity index (χ0v) is 13.1. The second kappa shape index (κ2) is 6.09. The van der Waals surface area contributed by atoms with E-state index in [1.165, 1.54) is 41.1 Å². The van der Waals surface area contributed by atoms with E-state index in [1.54, 1.807) is 0 Å². The fourth-order valence-corrected chi connectivity index (χ4v) is 3.80. The Labute approximate surface area is 131 Å². The third kappa shape index (κ3) is 3.78. The highest BCUT2D eigenvalue weighted by Crippen LogP contribution is 2.25. The average Bonchev–Trinajstić information content (AvgIpc) is 2.42. The number of halogens is 2. The monoisotopic (exact) mass is 346 g/mol. The van der Waals surface area contributed by atoms with Crippen LogP contribution in [0.1, 0.15) is 0 Å². The van der Waals surface area contributed by atoms with E-state index in [9.17, 15) is 13.2 Å². The van der Waals surface area contributed by atoms with Gasteiger partial charge in [0.15, 0.2) is 9.84 Å². The van der Waals surface area contributed by atoms with E-state index >= 15 is 0 Å². The van der Waals surface area contributed by atoms with Crippen LogP contribution in [-0.4, -0.2) is 18.7 Å². The molecule has 0 atom stereocenters. The Morgan fingerprint density at radius 3 is 2.57 bits per heavy atom. The van der Waals surface area contributed by atoms with Crippen molar-refractivity contribution < 1.29 is 8.42 Å². The molecule has 0 amide bonds. The summed E-state index contributed by atoms with van der Waals surface area (Å²) in [5.41, 5.74) is 5.63. The van der Waals surface area contributed by atoms with Gasteiger partial charge in [-0.2, -0.15) is 0 Å². The van der Waals surface area contributed by atoms with Gasteiger partial charge >= 0.3 is 0 Å². The highest BCUT2D eigenvalue weighted by atomic mass is 35.5. The molecule has 112 valence electrons. The zero-order valence-electron chi connectivity index (χ0n) is 10.8. The van der Waals surface area contributed by atoms with Gasteiger partial charge in [0.2, 0.25) is 0 Å². The van der Waals surface area contributed by atoms with Crippen LogP contribution in [0.2, 0.25) is 10.0 Å². The van der Waals surface area contributed by atoms with E-state index in [0.29, 0.717) is 5.69 Å².